The Morgan fingerprint density at radius 3 is 3.00 bits per heavy atom. The first-order valence-electron chi connectivity index (χ1n) is 7.90. The molecule has 2 aliphatic rings. The largest absolute Gasteiger partial charge is 0.454 e. The first-order valence-corrected chi connectivity index (χ1v) is 8.78. The second-order valence-electron chi connectivity index (χ2n) is 6.06. The van der Waals surface area contributed by atoms with Crippen LogP contribution in [0.15, 0.2) is 23.6 Å². The lowest BCUT2D eigenvalue weighted by Gasteiger charge is -2.36. The van der Waals surface area contributed by atoms with Crippen LogP contribution in [0.5, 0.6) is 11.5 Å². The fourth-order valence-electron chi connectivity index (χ4n) is 2.87. The summed E-state index contributed by atoms with van der Waals surface area (Å²) in [7, 11) is 0. The van der Waals surface area contributed by atoms with Crippen LogP contribution in [0.1, 0.15) is 24.3 Å². The minimum absolute atomic E-state index is 0.0408. The normalized spacial score (nSPS) is 22.7. The van der Waals surface area contributed by atoms with E-state index < -0.39 is 0 Å². The van der Waals surface area contributed by atoms with Crippen molar-refractivity contribution in [3.63, 3.8) is 0 Å². The Morgan fingerprint density at radius 2 is 2.12 bits per heavy atom. The number of fused-ring (bicyclic) bond motifs is 1. The van der Waals surface area contributed by atoms with Crippen LogP contribution in [0.25, 0.3) is 10.6 Å². The molecule has 1 fully saturated rings. The van der Waals surface area contributed by atoms with Crippen molar-refractivity contribution >= 4 is 17.2 Å². The van der Waals surface area contributed by atoms with E-state index in [2.05, 4.69) is 4.98 Å². The van der Waals surface area contributed by atoms with Crippen LogP contribution in [0.4, 0.5) is 0 Å². The summed E-state index contributed by atoms with van der Waals surface area (Å²) < 4.78 is 16.3. The predicted octanol–water partition coefficient (Wildman–Crippen LogP) is 2.79. The maximum atomic E-state index is 12.8. The van der Waals surface area contributed by atoms with Gasteiger partial charge < -0.3 is 19.1 Å². The van der Waals surface area contributed by atoms with Gasteiger partial charge >= 0.3 is 0 Å². The topological polar surface area (TPSA) is 60.9 Å². The van der Waals surface area contributed by atoms with Crippen LogP contribution in [-0.2, 0) is 4.74 Å². The van der Waals surface area contributed by atoms with Crippen LogP contribution in [-0.4, -0.2) is 47.9 Å². The Labute approximate surface area is 144 Å². The van der Waals surface area contributed by atoms with E-state index in [-0.39, 0.29) is 24.8 Å². The number of hydrogen-bond acceptors (Lipinski definition) is 6. The molecule has 2 atom stereocenters. The highest BCUT2D eigenvalue weighted by Crippen LogP contribution is 2.36. The monoisotopic (exact) mass is 346 g/mol. The smallest absolute Gasteiger partial charge is 0.273 e. The summed E-state index contributed by atoms with van der Waals surface area (Å²) in [6.07, 6.45) is 0.0529. The van der Waals surface area contributed by atoms with E-state index in [1.54, 1.807) is 0 Å². The van der Waals surface area contributed by atoms with Crippen molar-refractivity contribution in [2.45, 2.75) is 26.0 Å². The third-order valence-corrected chi connectivity index (χ3v) is 5.10. The van der Waals surface area contributed by atoms with E-state index in [4.69, 9.17) is 14.2 Å². The Hall–Kier alpha value is -2.12. The minimum Gasteiger partial charge on any atom is -0.454 e. The van der Waals surface area contributed by atoms with Crippen LogP contribution in [0.3, 0.4) is 0 Å². The van der Waals surface area contributed by atoms with Crippen LogP contribution in [0.2, 0.25) is 0 Å². The summed E-state index contributed by atoms with van der Waals surface area (Å²) in [5, 5.41) is 2.61. The number of carbonyl (C=O) groups is 1. The summed E-state index contributed by atoms with van der Waals surface area (Å²) in [5.74, 6) is 1.41. The highest BCUT2D eigenvalue weighted by Gasteiger charge is 2.29. The van der Waals surface area contributed by atoms with Gasteiger partial charge in [-0.15, -0.1) is 11.3 Å². The lowest BCUT2D eigenvalue weighted by atomic mass is 10.2. The molecule has 3 heterocycles. The SMILES string of the molecule is CC1CN(C(=O)c2csc(-c3ccc4c(c3)OCO4)n2)C(C)CO1. The van der Waals surface area contributed by atoms with E-state index in [1.807, 2.05) is 42.3 Å². The van der Waals surface area contributed by atoms with Gasteiger partial charge in [-0.2, -0.15) is 0 Å². The molecule has 1 amide bonds. The zero-order valence-electron chi connectivity index (χ0n) is 13.5. The summed E-state index contributed by atoms with van der Waals surface area (Å²) in [6.45, 7) is 5.37. The molecule has 4 rings (SSSR count). The Morgan fingerprint density at radius 1 is 1.29 bits per heavy atom. The van der Waals surface area contributed by atoms with E-state index in [9.17, 15) is 4.79 Å². The van der Waals surface area contributed by atoms with Gasteiger partial charge in [-0.05, 0) is 32.0 Å². The number of benzene rings is 1. The Kier molecular flexibility index (Phi) is 3.90. The number of aromatic nitrogens is 1. The van der Waals surface area contributed by atoms with Gasteiger partial charge in [-0.25, -0.2) is 4.98 Å². The van der Waals surface area contributed by atoms with E-state index >= 15 is 0 Å². The fourth-order valence-corrected chi connectivity index (χ4v) is 3.66. The van der Waals surface area contributed by atoms with Crippen molar-refractivity contribution in [1.29, 1.82) is 0 Å². The van der Waals surface area contributed by atoms with Crippen molar-refractivity contribution < 1.29 is 19.0 Å². The molecule has 24 heavy (non-hydrogen) atoms. The van der Waals surface area contributed by atoms with Gasteiger partial charge in [0.1, 0.15) is 10.7 Å². The van der Waals surface area contributed by atoms with Gasteiger partial charge in [0.05, 0.1) is 18.8 Å². The molecule has 1 aromatic heterocycles. The number of rotatable bonds is 2. The van der Waals surface area contributed by atoms with Crippen molar-refractivity contribution in [3.8, 4) is 22.1 Å². The molecule has 2 aliphatic heterocycles. The molecular weight excluding hydrogens is 328 g/mol. The summed E-state index contributed by atoms with van der Waals surface area (Å²) in [4.78, 5) is 19.1. The first-order chi connectivity index (χ1) is 11.6. The fraction of sp³-hybridized carbons (Fsp3) is 0.412. The van der Waals surface area contributed by atoms with Gasteiger partial charge in [-0.1, -0.05) is 0 Å². The zero-order valence-corrected chi connectivity index (χ0v) is 14.3. The molecule has 0 radical (unpaired) electrons. The Bertz CT molecular complexity index is 776. The summed E-state index contributed by atoms with van der Waals surface area (Å²) in [5.41, 5.74) is 1.40. The molecule has 0 N–H and O–H groups in total. The molecule has 0 bridgehead atoms. The molecule has 0 aliphatic carbocycles. The van der Waals surface area contributed by atoms with Gasteiger partial charge in [0, 0.05) is 17.5 Å². The van der Waals surface area contributed by atoms with Crippen molar-refractivity contribution in [3.05, 3.63) is 29.3 Å². The number of morpholine rings is 1. The predicted molar refractivity (Wildman–Crippen MR) is 89.6 cm³/mol. The molecule has 1 saturated heterocycles. The third kappa shape index (κ3) is 2.74. The molecule has 7 heteroatoms. The van der Waals surface area contributed by atoms with Gasteiger partial charge in [0.25, 0.3) is 5.91 Å². The molecule has 0 saturated carbocycles. The number of nitrogens with zero attached hydrogens (tertiary/aromatic N) is 2. The van der Waals surface area contributed by atoms with Crippen molar-refractivity contribution in [1.82, 2.24) is 9.88 Å². The number of hydrogen-bond donors (Lipinski definition) is 0. The molecule has 1 aromatic carbocycles. The lowest BCUT2D eigenvalue weighted by molar-refractivity contribution is -0.0388. The first kappa shape index (κ1) is 15.4. The van der Waals surface area contributed by atoms with Gasteiger partial charge in [-0.3, -0.25) is 4.79 Å². The van der Waals surface area contributed by atoms with E-state index in [0.717, 1.165) is 16.3 Å². The zero-order chi connectivity index (χ0) is 16.7. The summed E-state index contributed by atoms with van der Waals surface area (Å²) >= 11 is 1.46. The van der Waals surface area contributed by atoms with Gasteiger partial charge in [0.2, 0.25) is 6.79 Å². The van der Waals surface area contributed by atoms with Gasteiger partial charge in [0.15, 0.2) is 11.5 Å². The highest BCUT2D eigenvalue weighted by atomic mass is 32.1. The lowest BCUT2D eigenvalue weighted by Crippen LogP contribution is -2.50. The maximum absolute atomic E-state index is 12.8. The molecule has 2 unspecified atom stereocenters. The van der Waals surface area contributed by atoms with E-state index in [0.29, 0.717) is 24.6 Å². The minimum atomic E-state index is -0.0408. The number of carbonyl (C=O) groups excluding carboxylic acids is 1. The molecule has 6 nitrogen and oxygen atoms in total. The van der Waals surface area contributed by atoms with Crippen LogP contribution < -0.4 is 9.47 Å². The average molecular weight is 346 g/mol. The standard InChI is InChI=1S/C17H18N2O4S/c1-10-7-21-11(2)6-19(10)17(20)13-8-24-16(18-13)12-3-4-14-15(5-12)23-9-22-14/h3-5,8,10-11H,6-7,9H2,1-2H3. The van der Waals surface area contributed by atoms with Crippen LogP contribution >= 0.6 is 11.3 Å². The third-order valence-electron chi connectivity index (χ3n) is 4.21. The molecular formula is C17H18N2O4S. The second kappa shape index (κ2) is 6.07. The second-order valence-corrected chi connectivity index (χ2v) is 6.91. The summed E-state index contributed by atoms with van der Waals surface area (Å²) in [6, 6.07) is 5.76. The Balaban J connectivity index is 1.57. The number of thiazole rings is 1. The molecule has 2 aromatic rings. The van der Waals surface area contributed by atoms with Crippen molar-refractivity contribution in [2.75, 3.05) is 19.9 Å². The average Bonchev–Trinajstić information content (AvgIpc) is 3.24. The highest BCUT2D eigenvalue weighted by molar-refractivity contribution is 7.13. The number of amides is 1. The van der Waals surface area contributed by atoms with Crippen molar-refractivity contribution in [2.24, 2.45) is 0 Å². The maximum Gasteiger partial charge on any atom is 0.273 e. The molecule has 0 spiro atoms. The number of ether oxygens (including phenoxy) is 3. The quantitative estimate of drug-likeness (QED) is 0.837. The van der Waals surface area contributed by atoms with E-state index in [1.165, 1.54) is 11.3 Å². The molecule has 126 valence electrons. The van der Waals surface area contributed by atoms with Crippen LogP contribution in [0, 0.1) is 0 Å².